The van der Waals surface area contributed by atoms with Crippen molar-refractivity contribution in [2.45, 2.75) is 44.8 Å². The minimum Gasteiger partial charge on any atom is -0.465 e. The second kappa shape index (κ2) is 10.1. The number of ether oxygens (including phenoxy) is 1. The quantitative estimate of drug-likeness (QED) is 0.467. The number of rotatable bonds is 8. The first-order chi connectivity index (χ1) is 13.6. The Bertz CT molecular complexity index is 817. The number of carbonyl (C=O) groups excluding carboxylic acids is 2. The fourth-order valence-corrected chi connectivity index (χ4v) is 5.78. The van der Waals surface area contributed by atoms with Gasteiger partial charge in [-0.25, -0.2) is 4.79 Å². The molecule has 6 heteroatoms. The van der Waals surface area contributed by atoms with Crippen molar-refractivity contribution in [2.75, 3.05) is 18.2 Å². The van der Waals surface area contributed by atoms with Gasteiger partial charge in [-0.1, -0.05) is 37.3 Å². The van der Waals surface area contributed by atoms with Crippen LogP contribution in [0.15, 0.2) is 30.3 Å². The van der Waals surface area contributed by atoms with Crippen LogP contribution in [-0.4, -0.2) is 24.7 Å². The smallest absolute Gasteiger partial charge is 0.341 e. The highest BCUT2D eigenvalue weighted by Gasteiger charge is 2.28. The van der Waals surface area contributed by atoms with Crippen molar-refractivity contribution in [3.8, 4) is 0 Å². The molecule has 2 aromatic rings. The molecular weight excluding hydrogens is 390 g/mol. The van der Waals surface area contributed by atoms with Crippen molar-refractivity contribution < 1.29 is 14.3 Å². The monoisotopic (exact) mass is 417 g/mol. The van der Waals surface area contributed by atoms with Crippen molar-refractivity contribution in [1.29, 1.82) is 0 Å². The van der Waals surface area contributed by atoms with Gasteiger partial charge in [0.1, 0.15) is 5.00 Å². The largest absolute Gasteiger partial charge is 0.465 e. The zero-order valence-corrected chi connectivity index (χ0v) is 18.1. The maximum absolute atomic E-state index is 12.4. The molecular formula is C22H27NO3S2. The number of benzene rings is 1. The number of esters is 1. The normalized spacial score (nSPS) is 15.7. The van der Waals surface area contributed by atoms with E-state index in [2.05, 4.69) is 24.4 Å². The highest BCUT2D eigenvalue weighted by molar-refractivity contribution is 7.98. The Morgan fingerprint density at radius 3 is 2.82 bits per heavy atom. The van der Waals surface area contributed by atoms with Crippen molar-refractivity contribution in [3.63, 3.8) is 0 Å². The zero-order chi connectivity index (χ0) is 19.9. The Kier molecular flexibility index (Phi) is 7.57. The molecule has 1 heterocycles. The van der Waals surface area contributed by atoms with Crippen molar-refractivity contribution in [2.24, 2.45) is 5.92 Å². The van der Waals surface area contributed by atoms with Crippen molar-refractivity contribution >= 4 is 40.0 Å². The van der Waals surface area contributed by atoms with Crippen LogP contribution in [0.3, 0.4) is 0 Å². The maximum Gasteiger partial charge on any atom is 0.341 e. The number of fused-ring (bicyclic) bond motifs is 1. The zero-order valence-electron chi connectivity index (χ0n) is 16.5. The van der Waals surface area contributed by atoms with Gasteiger partial charge in [0.2, 0.25) is 5.91 Å². The molecule has 0 spiro atoms. The van der Waals surface area contributed by atoms with E-state index in [-0.39, 0.29) is 11.9 Å². The molecule has 1 amide bonds. The van der Waals surface area contributed by atoms with Gasteiger partial charge >= 0.3 is 5.97 Å². The van der Waals surface area contributed by atoms with Crippen molar-refractivity contribution in [3.05, 3.63) is 51.9 Å². The Morgan fingerprint density at radius 1 is 1.29 bits per heavy atom. The molecule has 150 valence electrons. The van der Waals surface area contributed by atoms with Gasteiger partial charge in [0, 0.05) is 17.1 Å². The van der Waals surface area contributed by atoms with E-state index in [0.29, 0.717) is 22.9 Å². The molecule has 0 saturated heterocycles. The lowest BCUT2D eigenvalue weighted by Crippen LogP contribution is -2.15. The average Bonchev–Trinajstić information content (AvgIpc) is 3.04. The number of anilines is 1. The molecule has 1 atom stereocenters. The first kappa shape index (κ1) is 20.9. The lowest BCUT2D eigenvalue weighted by atomic mass is 9.88. The summed E-state index contributed by atoms with van der Waals surface area (Å²) in [6, 6.07) is 10.3. The van der Waals surface area contributed by atoms with Crippen LogP contribution in [0, 0.1) is 5.92 Å². The number of hydrogen-bond donors (Lipinski definition) is 1. The number of methoxy groups -OCH3 is 1. The summed E-state index contributed by atoms with van der Waals surface area (Å²) in [6.07, 6.45) is 4.19. The number of nitrogens with one attached hydrogen (secondary N) is 1. The molecule has 1 N–H and O–H groups in total. The van der Waals surface area contributed by atoms with Crippen LogP contribution in [0.2, 0.25) is 0 Å². The molecule has 0 bridgehead atoms. The first-order valence-electron chi connectivity index (χ1n) is 9.72. The minimum absolute atomic E-state index is 0.0305. The summed E-state index contributed by atoms with van der Waals surface area (Å²) in [4.78, 5) is 25.9. The van der Waals surface area contributed by atoms with Gasteiger partial charge in [-0.2, -0.15) is 11.8 Å². The van der Waals surface area contributed by atoms with E-state index in [1.54, 1.807) is 11.3 Å². The number of hydrogen-bond acceptors (Lipinski definition) is 5. The third-order valence-corrected chi connectivity index (χ3v) is 7.24. The second-order valence-corrected chi connectivity index (χ2v) is 9.45. The molecule has 0 saturated carbocycles. The SMILES string of the molecule is COC(=O)c1c(NC(=O)CCCSCc2ccccc2)sc2c1CCC(C)C2. The number of thiophene rings is 1. The standard InChI is InChI=1S/C22H27NO3S2/c1-15-10-11-17-18(13-15)28-21(20(17)22(25)26-2)23-19(24)9-6-12-27-14-16-7-4-3-5-8-16/h3-5,7-8,15H,6,9-14H2,1-2H3,(H,23,24). The van der Waals surface area contributed by atoms with Gasteiger partial charge in [-0.3, -0.25) is 4.79 Å². The van der Waals surface area contributed by atoms with Gasteiger partial charge in [-0.15, -0.1) is 11.3 Å². The predicted octanol–water partition coefficient (Wildman–Crippen LogP) is 5.31. The Labute approximate surface area is 175 Å². The number of thioether (sulfide) groups is 1. The summed E-state index contributed by atoms with van der Waals surface area (Å²) in [6.45, 7) is 2.23. The topological polar surface area (TPSA) is 55.4 Å². The summed E-state index contributed by atoms with van der Waals surface area (Å²) < 4.78 is 4.98. The molecule has 4 nitrogen and oxygen atoms in total. The molecule has 1 aliphatic carbocycles. The third kappa shape index (κ3) is 5.39. The van der Waals surface area contributed by atoms with E-state index >= 15 is 0 Å². The Balaban J connectivity index is 1.52. The van der Waals surface area contributed by atoms with Gasteiger partial charge in [0.15, 0.2) is 0 Å². The predicted molar refractivity (Wildman–Crippen MR) is 117 cm³/mol. The van der Waals surface area contributed by atoms with Crippen LogP contribution in [0.1, 0.15) is 52.5 Å². The summed E-state index contributed by atoms with van der Waals surface area (Å²) in [5, 5.41) is 3.64. The summed E-state index contributed by atoms with van der Waals surface area (Å²) in [7, 11) is 1.40. The number of carbonyl (C=O) groups is 2. The molecule has 3 rings (SSSR count). The highest BCUT2D eigenvalue weighted by atomic mass is 32.2. The van der Waals surface area contributed by atoms with Crippen LogP contribution in [0.4, 0.5) is 5.00 Å². The highest BCUT2D eigenvalue weighted by Crippen LogP contribution is 2.40. The lowest BCUT2D eigenvalue weighted by Gasteiger charge is -2.18. The maximum atomic E-state index is 12.4. The van der Waals surface area contributed by atoms with E-state index in [1.165, 1.54) is 17.6 Å². The van der Waals surface area contributed by atoms with E-state index in [1.807, 2.05) is 30.0 Å². The summed E-state index contributed by atoms with van der Waals surface area (Å²) in [5.41, 5.74) is 2.95. The van der Waals surface area contributed by atoms with Gasteiger partial charge in [-0.05, 0) is 48.5 Å². The number of amides is 1. The lowest BCUT2D eigenvalue weighted by molar-refractivity contribution is -0.116. The van der Waals surface area contributed by atoms with Crippen LogP contribution in [0.5, 0.6) is 0 Å². The molecule has 0 radical (unpaired) electrons. The van der Waals surface area contributed by atoms with E-state index in [0.717, 1.165) is 42.8 Å². The minimum atomic E-state index is -0.347. The molecule has 0 aliphatic heterocycles. The van der Waals surface area contributed by atoms with Crippen LogP contribution >= 0.6 is 23.1 Å². The van der Waals surface area contributed by atoms with Gasteiger partial charge in [0.05, 0.1) is 12.7 Å². The first-order valence-corrected chi connectivity index (χ1v) is 11.7. The van der Waals surface area contributed by atoms with E-state index < -0.39 is 0 Å². The second-order valence-electron chi connectivity index (χ2n) is 7.24. The molecule has 0 fully saturated rings. The van der Waals surface area contributed by atoms with Crippen LogP contribution in [-0.2, 0) is 28.1 Å². The molecule has 1 unspecified atom stereocenters. The van der Waals surface area contributed by atoms with E-state index in [9.17, 15) is 9.59 Å². The molecule has 1 aromatic carbocycles. The Morgan fingerprint density at radius 2 is 2.07 bits per heavy atom. The molecule has 1 aromatic heterocycles. The molecule has 1 aliphatic rings. The average molecular weight is 418 g/mol. The van der Waals surface area contributed by atoms with Gasteiger partial charge in [0.25, 0.3) is 0 Å². The van der Waals surface area contributed by atoms with E-state index in [4.69, 9.17) is 4.74 Å². The van der Waals surface area contributed by atoms with Crippen LogP contribution < -0.4 is 5.32 Å². The molecule has 28 heavy (non-hydrogen) atoms. The van der Waals surface area contributed by atoms with Crippen molar-refractivity contribution in [1.82, 2.24) is 0 Å². The third-order valence-electron chi connectivity index (χ3n) is 4.96. The summed E-state index contributed by atoms with van der Waals surface area (Å²) >= 11 is 3.38. The Hall–Kier alpha value is -1.79. The summed E-state index contributed by atoms with van der Waals surface area (Å²) in [5.74, 6) is 2.13. The van der Waals surface area contributed by atoms with Gasteiger partial charge < -0.3 is 10.1 Å². The fourth-order valence-electron chi connectivity index (χ4n) is 3.45. The fraction of sp³-hybridized carbons (Fsp3) is 0.455. The van der Waals surface area contributed by atoms with Crippen LogP contribution in [0.25, 0.3) is 0 Å².